The van der Waals surface area contributed by atoms with Gasteiger partial charge in [0, 0.05) is 25.7 Å². The number of nitrogens with one attached hydrogen (secondary N) is 1. The number of rotatable bonds is 3. The van der Waals surface area contributed by atoms with Gasteiger partial charge in [0.05, 0.1) is 12.5 Å². The van der Waals surface area contributed by atoms with E-state index in [1.54, 1.807) is 0 Å². The van der Waals surface area contributed by atoms with Crippen LogP contribution in [-0.4, -0.2) is 53.9 Å². The molecule has 3 unspecified atom stereocenters. The van der Waals surface area contributed by atoms with Crippen molar-refractivity contribution < 1.29 is 9.26 Å². The number of ether oxygens (including phenoxy) is 1. The van der Waals surface area contributed by atoms with Crippen molar-refractivity contribution in [2.24, 2.45) is 5.92 Å². The normalized spacial score (nSPS) is 32.1. The summed E-state index contributed by atoms with van der Waals surface area (Å²) in [6, 6.07) is 0.520. The van der Waals surface area contributed by atoms with E-state index in [1.165, 1.54) is 0 Å². The molecule has 6 nitrogen and oxygen atoms in total. The Balaban J connectivity index is 1.70. The highest BCUT2D eigenvalue weighted by molar-refractivity contribution is 5.03. The van der Waals surface area contributed by atoms with Crippen LogP contribution in [0.25, 0.3) is 0 Å². The molecule has 112 valence electrons. The van der Waals surface area contributed by atoms with E-state index in [-0.39, 0.29) is 6.10 Å². The molecule has 2 fully saturated rings. The zero-order chi connectivity index (χ0) is 14.1. The highest BCUT2D eigenvalue weighted by Crippen LogP contribution is 2.28. The molecule has 1 aromatic heterocycles. The molecule has 20 heavy (non-hydrogen) atoms. The predicted molar refractivity (Wildman–Crippen MR) is 74.5 cm³/mol. The molecule has 0 spiro atoms. The third-order valence-corrected chi connectivity index (χ3v) is 4.41. The minimum Gasteiger partial charge on any atom is -0.367 e. The first-order valence-corrected chi connectivity index (χ1v) is 7.55. The Kier molecular flexibility index (Phi) is 4.05. The Bertz CT molecular complexity index is 448. The Labute approximate surface area is 119 Å². The quantitative estimate of drug-likeness (QED) is 0.897. The van der Waals surface area contributed by atoms with Crippen molar-refractivity contribution in [3.8, 4) is 0 Å². The molecule has 3 atom stereocenters. The monoisotopic (exact) mass is 280 g/mol. The maximum absolute atomic E-state index is 5.80. The van der Waals surface area contributed by atoms with Crippen LogP contribution in [0.2, 0.25) is 0 Å². The van der Waals surface area contributed by atoms with Gasteiger partial charge in [0.1, 0.15) is 6.10 Å². The summed E-state index contributed by atoms with van der Waals surface area (Å²) >= 11 is 0. The number of nitrogens with zero attached hydrogens (tertiary/aromatic N) is 3. The van der Waals surface area contributed by atoms with E-state index in [0.717, 1.165) is 38.7 Å². The number of morpholine rings is 1. The van der Waals surface area contributed by atoms with Crippen LogP contribution >= 0.6 is 0 Å². The summed E-state index contributed by atoms with van der Waals surface area (Å²) < 4.78 is 11.3. The highest BCUT2D eigenvalue weighted by Gasteiger charge is 2.32. The summed E-state index contributed by atoms with van der Waals surface area (Å²) in [6.07, 6.45) is -0.0617. The summed E-state index contributed by atoms with van der Waals surface area (Å²) in [5.74, 6) is 2.33. The van der Waals surface area contributed by atoms with Crippen molar-refractivity contribution in [3.05, 3.63) is 11.7 Å². The summed E-state index contributed by atoms with van der Waals surface area (Å²) in [7, 11) is 0. The summed E-state index contributed by atoms with van der Waals surface area (Å²) in [5, 5.41) is 7.51. The van der Waals surface area contributed by atoms with Gasteiger partial charge in [-0.25, -0.2) is 0 Å². The van der Waals surface area contributed by atoms with Gasteiger partial charge in [0.25, 0.3) is 0 Å². The van der Waals surface area contributed by atoms with Gasteiger partial charge in [0.2, 0.25) is 11.7 Å². The van der Waals surface area contributed by atoms with Gasteiger partial charge < -0.3 is 14.6 Å². The second kappa shape index (κ2) is 5.79. The number of hydrogen-bond acceptors (Lipinski definition) is 6. The van der Waals surface area contributed by atoms with Crippen LogP contribution < -0.4 is 5.32 Å². The summed E-state index contributed by atoms with van der Waals surface area (Å²) in [6.45, 7) is 11.1. The van der Waals surface area contributed by atoms with E-state index < -0.39 is 0 Å². The molecule has 2 saturated heterocycles. The average molecular weight is 280 g/mol. The van der Waals surface area contributed by atoms with Gasteiger partial charge in [-0.3, -0.25) is 4.90 Å². The van der Waals surface area contributed by atoms with Crippen LogP contribution in [0.3, 0.4) is 0 Å². The van der Waals surface area contributed by atoms with Gasteiger partial charge in [-0.15, -0.1) is 0 Å². The minimum absolute atomic E-state index is 0.0617. The third kappa shape index (κ3) is 2.73. The molecule has 0 aromatic carbocycles. The van der Waals surface area contributed by atoms with Crippen molar-refractivity contribution in [1.29, 1.82) is 0 Å². The van der Waals surface area contributed by atoms with Crippen molar-refractivity contribution in [1.82, 2.24) is 20.4 Å². The van der Waals surface area contributed by atoms with Crippen LogP contribution in [0.15, 0.2) is 4.52 Å². The molecule has 0 aliphatic carbocycles. The van der Waals surface area contributed by atoms with Gasteiger partial charge in [-0.05, 0) is 26.3 Å². The Hall–Kier alpha value is -0.980. The Morgan fingerprint density at radius 1 is 1.35 bits per heavy atom. The topological polar surface area (TPSA) is 63.4 Å². The standard InChI is InChI=1S/C14H24N4O2/c1-9(2)18-4-5-19-12(8-18)13-16-14(20-17-13)11-7-15-6-10(11)3/h9-12,15H,4-8H2,1-3H3. The fourth-order valence-corrected chi connectivity index (χ4v) is 2.96. The second-order valence-electron chi connectivity index (χ2n) is 6.18. The predicted octanol–water partition coefficient (Wildman–Crippen LogP) is 1.17. The van der Waals surface area contributed by atoms with Gasteiger partial charge in [-0.2, -0.15) is 4.98 Å². The lowest BCUT2D eigenvalue weighted by Crippen LogP contribution is -2.42. The fourth-order valence-electron chi connectivity index (χ4n) is 2.96. The molecule has 2 aliphatic rings. The first kappa shape index (κ1) is 14.0. The van der Waals surface area contributed by atoms with E-state index in [4.69, 9.17) is 9.26 Å². The van der Waals surface area contributed by atoms with E-state index in [2.05, 4.69) is 41.1 Å². The molecule has 1 aromatic rings. The molecule has 1 N–H and O–H groups in total. The van der Waals surface area contributed by atoms with Crippen LogP contribution in [-0.2, 0) is 4.74 Å². The lowest BCUT2D eigenvalue weighted by atomic mass is 9.98. The van der Waals surface area contributed by atoms with Gasteiger partial charge in [-0.1, -0.05) is 12.1 Å². The van der Waals surface area contributed by atoms with E-state index in [1.807, 2.05) is 0 Å². The lowest BCUT2D eigenvalue weighted by Gasteiger charge is -2.34. The SMILES string of the molecule is CC1CNCC1c1nc(C2CN(C(C)C)CCO2)no1. The van der Waals surface area contributed by atoms with Crippen molar-refractivity contribution in [2.45, 2.75) is 38.8 Å². The average Bonchev–Trinajstić information content (AvgIpc) is 3.07. The molecule has 2 aliphatic heterocycles. The van der Waals surface area contributed by atoms with Crippen molar-refractivity contribution >= 4 is 0 Å². The molecular weight excluding hydrogens is 256 g/mol. The molecule has 0 saturated carbocycles. The second-order valence-corrected chi connectivity index (χ2v) is 6.18. The smallest absolute Gasteiger partial charge is 0.231 e. The van der Waals surface area contributed by atoms with Crippen LogP contribution in [0.1, 0.15) is 44.5 Å². The lowest BCUT2D eigenvalue weighted by molar-refractivity contribution is -0.0450. The Morgan fingerprint density at radius 2 is 2.20 bits per heavy atom. The molecule has 3 heterocycles. The maximum atomic E-state index is 5.80. The molecule has 0 amide bonds. The minimum atomic E-state index is -0.0617. The van der Waals surface area contributed by atoms with Crippen LogP contribution in [0.4, 0.5) is 0 Å². The Morgan fingerprint density at radius 3 is 2.90 bits per heavy atom. The van der Waals surface area contributed by atoms with E-state index in [0.29, 0.717) is 23.7 Å². The zero-order valence-corrected chi connectivity index (χ0v) is 12.5. The summed E-state index contributed by atoms with van der Waals surface area (Å²) in [4.78, 5) is 6.98. The maximum Gasteiger partial charge on any atom is 0.231 e. The molecule has 0 bridgehead atoms. The number of hydrogen-bond donors (Lipinski definition) is 1. The molecule has 6 heteroatoms. The largest absolute Gasteiger partial charge is 0.367 e. The first-order valence-electron chi connectivity index (χ1n) is 7.55. The van der Waals surface area contributed by atoms with Crippen molar-refractivity contribution in [3.63, 3.8) is 0 Å². The molecule has 0 radical (unpaired) electrons. The molecular formula is C14H24N4O2. The zero-order valence-electron chi connectivity index (χ0n) is 12.5. The van der Waals surface area contributed by atoms with Crippen molar-refractivity contribution in [2.75, 3.05) is 32.8 Å². The van der Waals surface area contributed by atoms with E-state index >= 15 is 0 Å². The van der Waals surface area contributed by atoms with Crippen LogP contribution in [0, 0.1) is 5.92 Å². The van der Waals surface area contributed by atoms with E-state index in [9.17, 15) is 0 Å². The van der Waals surface area contributed by atoms with Gasteiger partial charge >= 0.3 is 0 Å². The number of aromatic nitrogens is 2. The fraction of sp³-hybridized carbons (Fsp3) is 0.857. The van der Waals surface area contributed by atoms with Crippen LogP contribution in [0.5, 0.6) is 0 Å². The van der Waals surface area contributed by atoms with Gasteiger partial charge in [0.15, 0.2) is 0 Å². The first-order chi connectivity index (χ1) is 9.65. The third-order valence-electron chi connectivity index (χ3n) is 4.41. The highest BCUT2D eigenvalue weighted by atomic mass is 16.5. The molecule has 3 rings (SSSR count). The summed E-state index contributed by atoms with van der Waals surface area (Å²) in [5.41, 5.74) is 0.